The summed E-state index contributed by atoms with van der Waals surface area (Å²) in [7, 11) is 2.60. The number of imidazole rings is 2. The third kappa shape index (κ3) is 8.49. The molecule has 14 nitrogen and oxygen atoms in total. The van der Waals surface area contributed by atoms with Crippen molar-refractivity contribution in [3.8, 4) is 33.6 Å². The molecule has 4 aromatic rings. The van der Waals surface area contributed by atoms with E-state index in [0.717, 1.165) is 58.2 Å². The molecular weight excluding hydrogens is 813 g/mol. The van der Waals surface area contributed by atoms with Crippen LogP contribution >= 0.6 is 23.5 Å². The van der Waals surface area contributed by atoms with E-state index in [1.165, 1.54) is 56.6 Å². The molecule has 0 unspecified atom stereocenters. The first-order valence-corrected chi connectivity index (χ1v) is 23.4. The fourth-order valence-electron chi connectivity index (χ4n) is 9.55. The summed E-state index contributed by atoms with van der Waals surface area (Å²) in [5.41, 5.74) is 9.43. The van der Waals surface area contributed by atoms with Gasteiger partial charge < -0.3 is 39.9 Å². The SMILES string of the molecule is COC(=O)N[C@H](C(=O)N1CCS[C@H]1c1ncc(-c2ccc(-c3ccc(-c4cnc([C@@H]5SCCN5C(=O)[C@@H](NC(=O)OC)C(C)C)[nH]4)c4c3CC3(CCCC3)C4)cc2)[nH]1)C(C)C. The molecule has 61 heavy (non-hydrogen) atoms. The second-order valence-corrected chi connectivity index (χ2v) is 19.7. The van der Waals surface area contributed by atoms with Crippen LogP contribution in [0.15, 0.2) is 48.8 Å². The Bertz CT molecular complexity index is 2270. The summed E-state index contributed by atoms with van der Waals surface area (Å²) in [5, 5.41) is 4.87. The Balaban J connectivity index is 1.03. The lowest BCUT2D eigenvalue weighted by atomic mass is 9.82. The van der Waals surface area contributed by atoms with Gasteiger partial charge in [0.25, 0.3) is 0 Å². The number of amides is 4. The largest absolute Gasteiger partial charge is 0.453 e. The zero-order chi connectivity index (χ0) is 43.0. The van der Waals surface area contributed by atoms with Crippen LogP contribution in [0, 0.1) is 17.3 Å². The number of benzene rings is 2. The normalized spacial score (nSPS) is 20.3. The van der Waals surface area contributed by atoms with Gasteiger partial charge in [0.1, 0.15) is 34.5 Å². The van der Waals surface area contributed by atoms with Gasteiger partial charge in [0.15, 0.2) is 0 Å². The quantitative estimate of drug-likeness (QED) is 0.117. The first-order valence-electron chi connectivity index (χ1n) is 21.3. The molecule has 4 aliphatic rings. The lowest BCUT2D eigenvalue weighted by Crippen LogP contribution is -2.51. The number of aromatic amines is 2. The lowest BCUT2D eigenvalue weighted by Gasteiger charge is -2.29. The van der Waals surface area contributed by atoms with Crippen LogP contribution in [0.4, 0.5) is 9.59 Å². The van der Waals surface area contributed by atoms with Crippen LogP contribution in [0.1, 0.15) is 86.9 Å². The fourth-order valence-corrected chi connectivity index (χ4v) is 11.9. The maximum atomic E-state index is 13.8. The van der Waals surface area contributed by atoms with Crippen LogP contribution in [0.5, 0.6) is 0 Å². The average molecular weight is 869 g/mol. The summed E-state index contributed by atoms with van der Waals surface area (Å²) >= 11 is 3.33. The second-order valence-electron chi connectivity index (χ2n) is 17.3. The van der Waals surface area contributed by atoms with Crippen LogP contribution < -0.4 is 10.6 Å². The minimum atomic E-state index is -0.701. The van der Waals surface area contributed by atoms with Gasteiger partial charge in [-0.2, -0.15) is 0 Å². The number of thioether (sulfide) groups is 2. The Morgan fingerprint density at radius 1 is 0.689 bits per heavy atom. The minimum absolute atomic E-state index is 0.114. The molecule has 16 heteroatoms. The molecule has 8 rings (SSSR count). The standard InChI is InChI=1S/C45H56N8O6S2/c1-25(2)35(50-43(56)58-5)39(54)52-17-19-60-41(52)37-46-23-33(48-37)28-11-9-27(10-12-28)29-13-14-30(32-22-45(21-31(29)32)15-7-8-16-45)34-24-47-38(49-34)42-53(18-20-61-42)40(55)36(26(3)4)51-44(57)59-6/h9-14,23-26,35-36,41-42H,7-8,15-22H2,1-6H3,(H,46,48)(H,47,49)(H,50,56)(H,51,57)/t35-,36-,41-,42-/m0/s1. The van der Waals surface area contributed by atoms with Gasteiger partial charge in [0, 0.05) is 30.2 Å². The minimum Gasteiger partial charge on any atom is -0.453 e. The molecule has 2 saturated heterocycles. The molecule has 4 atom stereocenters. The molecule has 3 fully saturated rings. The van der Waals surface area contributed by atoms with E-state index in [9.17, 15) is 19.2 Å². The number of ether oxygens (including phenoxy) is 2. The number of methoxy groups -OCH3 is 2. The van der Waals surface area contributed by atoms with Crippen molar-refractivity contribution >= 4 is 47.5 Å². The smallest absolute Gasteiger partial charge is 0.407 e. The number of nitrogens with one attached hydrogen (secondary N) is 4. The molecule has 324 valence electrons. The van der Waals surface area contributed by atoms with Crippen molar-refractivity contribution in [2.75, 3.05) is 38.8 Å². The summed E-state index contributed by atoms with van der Waals surface area (Å²) in [6.07, 6.45) is 9.53. The molecule has 4 heterocycles. The molecule has 4 amide bonds. The van der Waals surface area contributed by atoms with E-state index in [-0.39, 0.29) is 39.8 Å². The number of nitrogens with zero attached hydrogens (tertiary/aromatic N) is 4. The van der Waals surface area contributed by atoms with Gasteiger partial charge in [-0.15, -0.1) is 23.5 Å². The van der Waals surface area contributed by atoms with Gasteiger partial charge in [0.2, 0.25) is 11.8 Å². The molecule has 0 bridgehead atoms. The molecule has 2 aromatic heterocycles. The highest BCUT2D eigenvalue weighted by Crippen LogP contribution is 2.53. The molecule has 2 aromatic carbocycles. The van der Waals surface area contributed by atoms with Crippen molar-refractivity contribution in [2.45, 2.75) is 89.1 Å². The summed E-state index contributed by atoms with van der Waals surface area (Å²) in [6.45, 7) is 8.78. The van der Waals surface area contributed by atoms with E-state index in [2.05, 4.69) is 57.0 Å². The van der Waals surface area contributed by atoms with Crippen molar-refractivity contribution in [1.29, 1.82) is 0 Å². The lowest BCUT2D eigenvalue weighted by molar-refractivity contribution is -0.135. The number of fused-ring (bicyclic) bond motifs is 1. The molecule has 2 aliphatic carbocycles. The average Bonchev–Trinajstić information content (AvgIpc) is 4.12. The Morgan fingerprint density at radius 3 is 1.66 bits per heavy atom. The van der Waals surface area contributed by atoms with E-state index in [1.54, 1.807) is 28.4 Å². The highest BCUT2D eigenvalue weighted by atomic mass is 32.2. The van der Waals surface area contributed by atoms with Crippen LogP contribution in [0.25, 0.3) is 33.6 Å². The predicted octanol–water partition coefficient (Wildman–Crippen LogP) is 7.70. The number of hydrogen-bond donors (Lipinski definition) is 4. The van der Waals surface area contributed by atoms with Crippen molar-refractivity contribution in [3.63, 3.8) is 0 Å². The van der Waals surface area contributed by atoms with Gasteiger partial charge in [-0.3, -0.25) is 9.59 Å². The van der Waals surface area contributed by atoms with Crippen LogP contribution in [-0.4, -0.2) is 105 Å². The monoisotopic (exact) mass is 868 g/mol. The maximum Gasteiger partial charge on any atom is 0.407 e. The van der Waals surface area contributed by atoms with E-state index < -0.39 is 24.3 Å². The Kier molecular flexibility index (Phi) is 12.5. The molecule has 4 N–H and O–H groups in total. The number of aromatic nitrogens is 4. The van der Waals surface area contributed by atoms with Crippen molar-refractivity contribution in [1.82, 2.24) is 40.4 Å². The van der Waals surface area contributed by atoms with Crippen molar-refractivity contribution < 1.29 is 28.7 Å². The molecular formula is C45H56N8O6S2. The van der Waals surface area contributed by atoms with Gasteiger partial charge in [-0.1, -0.05) is 76.9 Å². The van der Waals surface area contributed by atoms with Gasteiger partial charge in [0.05, 0.1) is 38.0 Å². The second kappa shape index (κ2) is 17.8. The van der Waals surface area contributed by atoms with Crippen LogP contribution in [-0.2, 0) is 31.9 Å². The van der Waals surface area contributed by atoms with Crippen molar-refractivity contribution in [3.05, 3.63) is 71.6 Å². The topological polar surface area (TPSA) is 175 Å². The summed E-state index contributed by atoms with van der Waals surface area (Å²) in [6, 6.07) is 11.7. The number of H-pyrrole nitrogens is 2. The zero-order valence-electron chi connectivity index (χ0n) is 35.7. The number of carbonyl (C=O) groups excluding carboxylic acids is 4. The third-order valence-corrected chi connectivity index (χ3v) is 15.2. The first kappa shape index (κ1) is 42.7. The van der Waals surface area contributed by atoms with Gasteiger partial charge in [-0.05, 0) is 70.8 Å². The number of carbonyl (C=O) groups is 4. The molecule has 1 spiro atoms. The maximum absolute atomic E-state index is 13.8. The van der Waals surface area contributed by atoms with Gasteiger partial charge in [-0.25, -0.2) is 19.6 Å². The van der Waals surface area contributed by atoms with E-state index in [4.69, 9.17) is 19.4 Å². The molecule has 0 radical (unpaired) electrons. The summed E-state index contributed by atoms with van der Waals surface area (Å²) < 4.78 is 9.60. The Hall–Kier alpha value is -4.96. The van der Waals surface area contributed by atoms with Crippen LogP contribution in [0.3, 0.4) is 0 Å². The van der Waals surface area contributed by atoms with Gasteiger partial charge >= 0.3 is 12.2 Å². The number of rotatable bonds is 11. The summed E-state index contributed by atoms with van der Waals surface area (Å²) in [4.78, 5) is 71.9. The van der Waals surface area contributed by atoms with E-state index in [0.29, 0.717) is 18.9 Å². The molecule has 1 saturated carbocycles. The van der Waals surface area contributed by atoms with E-state index in [1.807, 2.05) is 45.0 Å². The highest BCUT2D eigenvalue weighted by molar-refractivity contribution is 8.00. The first-order chi connectivity index (χ1) is 29.4. The Labute approximate surface area is 365 Å². The Morgan fingerprint density at radius 2 is 1.15 bits per heavy atom. The van der Waals surface area contributed by atoms with Crippen LogP contribution in [0.2, 0.25) is 0 Å². The highest BCUT2D eigenvalue weighted by Gasteiger charge is 2.43. The molecule has 2 aliphatic heterocycles. The predicted molar refractivity (Wildman–Crippen MR) is 238 cm³/mol. The summed E-state index contributed by atoms with van der Waals surface area (Å²) in [5.74, 6) is 2.46. The third-order valence-electron chi connectivity index (χ3n) is 12.8. The van der Waals surface area contributed by atoms with Crippen molar-refractivity contribution in [2.24, 2.45) is 17.3 Å². The number of hydrogen-bond acceptors (Lipinski definition) is 10. The van der Waals surface area contributed by atoms with E-state index >= 15 is 0 Å². The number of alkyl carbamates (subject to hydrolysis) is 2. The fraction of sp³-hybridized carbons (Fsp3) is 0.511. The zero-order valence-corrected chi connectivity index (χ0v) is 37.3.